The van der Waals surface area contributed by atoms with Crippen LogP contribution in [0.25, 0.3) is 0 Å². The molecule has 17 heavy (non-hydrogen) atoms. The number of rotatable bonds is 2. The molecule has 1 aromatic rings. The van der Waals surface area contributed by atoms with E-state index in [-0.39, 0.29) is 5.78 Å². The molecule has 0 aliphatic heterocycles. The van der Waals surface area contributed by atoms with Gasteiger partial charge < -0.3 is 4.57 Å². The summed E-state index contributed by atoms with van der Waals surface area (Å²) in [7, 11) is 0. The van der Waals surface area contributed by atoms with Crippen LogP contribution in [0.2, 0.25) is 0 Å². The zero-order valence-corrected chi connectivity index (χ0v) is 12.1. The average molecular weight is 235 g/mol. The van der Waals surface area contributed by atoms with Gasteiger partial charge in [-0.05, 0) is 36.8 Å². The van der Waals surface area contributed by atoms with Gasteiger partial charge in [-0.1, -0.05) is 27.7 Å². The number of fused-ring (bicyclic) bond motifs is 1. The van der Waals surface area contributed by atoms with Gasteiger partial charge in [0.25, 0.3) is 0 Å². The lowest BCUT2D eigenvalue weighted by Gasteiger charge is -2.17. The molecule has 2 heteroatoms. The lowest BCUT2D eigenvalue weighted by molar-refractivity contribution is 0.100. The third kappa shape index (κ3) is 2.62. The van der Waals surface area contributed by atoms with E-state index in [1.165, 1.54) is 11.3 Å². The van der Waals surface area contributed by atoms with E-state index in [0.29, 0.717) is 5.41 Å². The molecular formula is C15H25NO. The Morgan fingerprint density at radius 2 is 1.94 bits per heavy atom. The number of aromatic nitrogens is 1. The van der Waals surface area contributed by atoms with Crippen LogP contribution >= 0.6 is 0 Å². The number of ketones is 1. The zero-order valence-electron chi connectivity index (χ0n) is 12.1. The predicted molar refractivity (Wildman–Crippen MR) is 72.6 cm³/mol. The van der Waals surface area contributed by atoms with Crippen LogP contribution in [0.1, 0.15) is 63.3 Å². The van der Waals surface area contributed by atoms with Gasteiger partial charge in [0.05, 0.1) is 5.69 Å². The Hall–Kier alpha value is -1.05. The maximum atomic E-state index is 11.5. The summed E-state index contributed by atoms with van der Waals surface area (Å²) in [6.07, 6.45) is 2.21. The fourth-order valence-electron chi connectivity index (χ4n) is 2.69. The highest BCUT2D eigenvalue weighted by molar-refractivity contribution is 5.93. The summed E-state index contributed by atoms with van der Waals surface area (Å²) in [6.45, 7) is 13.3. The van der Waals surface area contributed by atoms with Crippen molar-refractivity contribution >= 4 is 5.78 Å². The molecule has 0 bridgehead atoms. The van der Waals surface area contributed by atoms with E-state index in [0.717, 1.165) is 25.1 Å². The Balaban J connectivity index is 0.000000686. The Morgan fingerprint density at radius 1 is 1.35 bits per heavy atom. The smallest absolute Gasteiger partial charge is 0.176 e. The number of Topliss-reactive ketones (excluding diaryl/α,β-unsaturated/α-hetero) is 1. The molecular weight excluding hydrogens is 210 g/mol. The van der Waals surface area contributed by atoms with Crippen molar-refractivity contribution in [3.63, 3.8) is 0 Å². The molecule has 0 N–H and O–H groups in total. The number of carbonyl (C=O) groups excluding carboxylic acids is 1. The lowest BCUT2D eigenvalue weighted by atomic mass is 9.90. The molecule has 1 aromatic heterocycles. The Labute approximate surface area is 105 Å². The van der Waals surface area contributed by atoms with Gasteiger partial charge in [0.1, 0.15) is 0 Å². The third-order valence-corrected chi connectivity index (χ3v) is 3.29. The van der Waals surface area contributed by atoms with Gasteiger partial charge in [0.2, 0.25) is 0 Å². The van der Waals surface area contributed by atoms with Crippen molar-refractivity contribution in [3.8, 4) is 0 Å². The van der Waals surface area contributed by atoms with E-state index in [2.05, 4.69) is 31.4 Å². The second-order valence-electron chi connectivity index (χ2n) is 5.32. The van der Waals surface area contributed by atoms with Crippen LogP contribution in [0.3, 0.4) is 0 Å². The van der Waals surface area contributed by atoms with Gasteiger partial charge in [0, 0.05) is 19.2 Å². The van der Waals surface area contributed by atoms with Gasteiger partial charge in [0.15, 0.2) is 5.78 Å². The minimum absolute atomic E-state index is 0.184. The molecule has 2 rings (SSSR count). The van der Waals surface area contributed by atoms with Crippen LogP contribution in [0.15, 0.2) is 6.07 Å². The van der Waals surface area contributed by atoms with E-state index in [1.807, 2.05) is 13.8 Å². The second-order valence-corrected chi connectivity index (χ2v) is 5.32. The first-order valence-electron chi connectivity index (χ1n) is 6.67. The first-order valence-corrected chi connectivity index (χ1v) is 6.67. The fourth-order valence-corrected chi connectivity index (χ4v) is 2.69. The maximum Gasteiger partial charge on any atom is 0.176 e. The largest absolute Gasteiger partial charge is 0.342 e. The number of nitrogens with zero attached hydrogens (tertiary/aromatic N) is 1. The molecule has 2 nitrogen and oxygen atoms in total. The van der Waals surface area contributed by atoms with Gasteiger partial charge in [-0.2, -0.15) is 0 Å². The lowest BCUT2D eigenvalue weighted by Crippen LogP contribution is -2.14. The molecule has 0 aromatic carbocycles. The second kappa shape index (κ2) is 5.07. The molecule has 0 fully saturated rings. The number of hydrogen-bond donors (Lipinski definition) is 0. The molecule has 1 aliphatic carbocycles. The van der Waals surface area contributed by atoms with Gasteiger partial charge in [-0.15, -0.1) is 0 Å². The van der Waals surface area contributed by atoms with Crippen molar-refractivity contribution in [1.82, 2.24) is 4.57 Å². The Morgan fingerprint density at radius 3 is 2.41 bits per heavy atom. The molecule has 0 saturated heterocycles. The van der Waals surface area contributed by atoms with Crippen molar-refractivity contribution in [3.05, 3.63) is 23.0 Å². The van der Waals surface area contributed by atoms with Crippen LogP contribution in [0.4, 0.5) is 0 Å². The molecule has 1 aliphatic rings. The van der Waals surface area contributed by atoms with Crippen molar-refractivity contribution < 1.29 is 4.79 Å². The van der Waals surface area contributed by atoms with Crippen molar-refractivity contribution in [2.45, 2.75) is 60.9 Å². The highest BCUT2D eigenvalue weighted by Gasteiger charge is 2.32. The Kier molecular flexibility index (Phi) is 4.18. The zero-order chi connectivity index (χ0) is 13.2. The summed E-state index contributed by atoms with van der Waals surface area (Å²) >= 11 is 0. The summed E-state index contributed by atoms with van der Waals surface area (Å²) in [5.74, 6) is 0.184. The maximum absolute atomic E-state index is 11.5. The summed E-state index contributed by atoms with van der Waals surface area (Å²) in [6, 6.07) is 2.09. The normalized spacial score (nSPS) is 16.1. The molecule has 0 saturated carbocycles. The van der Waals surface area contributed by atoms with Crippen molar-refractivity contribution in [2.75, 3.05) is 0 Å². The van der Waals surface area contributed by atoms with Crippen LogP contribution in [0, 0.1) is 5.41 Å². The average Bonchev–Trinajstić information content (AvgIpc) is 2.72. The first kappa shape index (κ1) is 14.0. The number of carbonyl (C=O) groups is 1. The standard InChI is InChI=1S/C13H19NO.C2H6/c1-5-14-11(9(2)15)6-10-7-13(3,4)8-12(10)14;1-2/h6H,5,7-8H2,1-4H3;1-2H3. The van der Waals surface area contributed by atoms with Crippen LogP contribution in [-0.2, 0) is 19.4 Å². The number of hydrogen-bond acceptors (Lipinski definition) is 1. The summed E-state index contributed by atoms with van der Waals surface area (Å²) in [4.78, 5) is 11.5. The van der Waals surface area contributed by atoms with E-state index < -0.39 is 0 Å². The summed E-state index contributed by atoms with van der Waals surface area (Å²) in [5, 5.41) is 0. The van der Waals surface area contributed by atoms with Gasteiger partial charge >= 0.3 is 0 Å². The minimum atomic E-state index is 0.184. The van der Waals surface area contributed by atoms with Crippen LogP contribution < -0.4 is 0 Å². The topological polar surface area (TPSA) is 22.0 Å². The SMILES string of the molecule is CC.CCn1c(C(C)=O)cc2c1CC(C)(C)C2. The summed E-state index contributed by atoms with van der Waals surface area (Å²) in [5.41, 5.74) is 4.02. The minimum Gasteiger partial charge on any atom is -0.342 e. The molecule has 1 heterocycles. The highest BCUT2D eigenvalue weighted by Crippen LogP contribution is 2.37. The van der Waals surface area contributed by atoms with E-state index in [9.17, 15) is 4.79 Å². The molecule has 0 unspecified atom stereocenters. The first-order chi connectivity index (χ1) is 7.94. The van der Waals surface area contributed by atoms with Crippen LogP contribution in [-0.4, -0.2) is 10.4 Å². The molecule has 0 spiro atoms. The van der Waals surface area contributed by atoms with E-state index in [1.54, 1.807) is 6.92 Å². The molecule has 0 radical (unpaired) electrons. The molecule has 96 valence electrons. The third-order valence-electron chi connectivity index (χ3n) is 3.29. The highest BCUT2D eigenvalue weighted by atomic mass is 16.1. The van der Waals surface area contributed by atoms with E-state index in [4.69, 9.17) is 0 Å². The summed E-state index contributed by atoms with van der Waals surface area (Å²) < 4.78 is 2.19. The molecule has 0 amide bonds. The quantitative estimate of drug-likeness (QED) is 0.713. The van der Waals surface area contributed by atoms with Gasteiger partial charge in [-0.25, -0.2) is 0 Å². The van der Waals surface area contributed by atoms with Crippen molar-refractivity contribution in [1.29, 1.82) is 0 Å². The van der Waals surface area contributed by atoms with Crippen molar-refractivity contribution in [2.24, 2.45) is 5.41 Å². The monoisotopic (exact) mass is 235 g/mol. The predicted octanol–water partition coefficient (Wildman–Crippen LogP) is 3.86. The fraction of sp³-hybridized carbons (Fsp3) is 0.667. The Bertz CT molecular complexity index is 413. The van der Waals surface area contributed by atoms with Gasteiger partial charge in [-0.3, -0.25) is 4.79 Å². The van der Waals surface area contributed by atoms with Crippen LogP contribution in [0.5, 0.6) is 0 Å². The van der Waals surface area contributed by atoms with E-state index >= 15 is 0 Å². The molecule has 0 atom stereocenters.